The van der Waals surface area contributed by atoms with Gasteiger partial charge >= 0.3 is 5.97 Å². The summed E-state index contributed by atoms with van der Waals surface area (Å²) in [5.74, 6) is -2.41. The number of rotatable bonds is 5. The highest BCUT2D eigenvalue weighted by Crippen LogP contribution is 2.21. The summed E-state index contributed by atoms with van der Waals surface area (Å²) in [4.78, 5) is 10.3. The van der Waals surface area contributed by atoms with Crippen LogP contribution in [0.25, 0.3) is 6.08 Å². The predicted molar refractivity (Wildman–Crippen MR) is 58.9 cm³/mol. The monoisotopic (exact) mass is 222 g/mol. The second-order valence-corrected chi connectivity index (χ2v) is 2.93. The third kappa shape index (κ3) is 3.24. The minimum absolute atomic E-state index is 0.277. The van der Waals surface area contributed by atoms with E-state index in [-0.39, 0.29) is 6.61 Å². The van der Waals surface area contributed by atoms with E-state index in [0.29, 0.717) is 11.3 Å². The lowest BCUT2D eigenvalue weighted by Gasteiger charge is -2.06. The van der Waals surface area contributed by atoms with Crippen LogP contribution in [0.4, 0.5) is 4.39 Å². The molecular formula is C12H11FO3. The largest absolute Gasteiger partial charge is 0.489 e. The minimum atomic E-state index is -1.60. The van der Waals surface area contributed by atoms with Crippen molar-refractivity contribution in [3.8, 4) is 5.75 Å². The Balaban J connectivity index is 2.98. The summed E-state index contributed by atoms with van der Waals surface area (Å²) >= 11 is 0. The van der Waals surface area contributed by atoms with Gasteiger partial charge in [-0.2, -0.15) is 4.39 Å². The molecular weight excluding hydrogens is 211 g/mol. The van der Waals surface area contributed by atoms with Crippen LogP contribution in [0, 0.1) is 0 Å². The van der Waals surface area contributed by atoms with Gasteiger partial charge in [0.15, 0.2) is 0 Å². The molecule has 16 heavy (non-hydrogen) atoms. The number of ether oxygens (including phenoxy) is 1. The third-order valence-corrected chi connectivity index (χ3v) is 1.76. The van der Waals surface area contributed by atoms with Gasteiger partial charge < -0.3 is 9.84 Å². The van der Waals surface area contributed by atoms with E-state index in [1.54, 1.807) is 30.3 Å². The van der Waals surface area contributed by atoms with E-state index in [9.17, 15) is 9.18 Å². The number of hydrogen-bond donors (Lipinski definition) is 1. The van der Waals surface area contributed by atoms with Crippen molar-refractivity contribution in [3.63, 3.8) is 0 Å². The molecule has 0 bridgehead atoms. The SMILES string of the molecule is C=CCOc1ccccc1C=C(F)C(=O)O. The maximum Gasteiger partial charge on any atom is 0.364 e. The summed E-state index contributed by atoms with van der Waals surface area (Å²) in [6.45, 7) is 3.76. The van der Waals surface area contributed by atoms with Crippen LogP contribution in [0.1, 0.15) is 5.56 Å². The van der Waals surface area contributed by atoms with Crippen LogP contribution in [0.5, 0.6) is 5.75 Å². The van der Waals surface area contributed by atoms with Crippen molar-refractivity contribution in [2.45, 2.75) is 0 Å². The quantitative estimate of drug-likeness (QED) is 0.615. The standard InChI is InChI=1S/C12H11FO3/c1-2-7-16-11-6-4-3-5-9(11)8-10(13)12(14)15/h2-6,8H,1,7H2,(H,14,15). The Kier molecular flexibility index (Phi) is 4.27. The third-order valence-electron chi connectivity index (χ3n) is 1.76. The fraction of sp³-hybridized carbons (Fsp3) is 0.0833. The average molecular weight is 222 g/mol. The molecule has 0 radical (unpaired) electrons. The van der Waals surface area contributed by atoms with Gasteiger partial charge in [-0.25, -0.2) is 4.79 Å². The van der Waals surface area contributed by atoms with Gasteiger partial charge in [0, 0.05) is 5.56 Å². The first-order valence-electron chi connectivity index (χ1n) is 4.58. The number of benzene rings is 1. The number of carboxylic acid groups (broad SMARTS) is 1. The molecule has 0 atom stereocenters. The maximum absolute atomic E-state index is 12.9. The van der Waals surface area contributed by atoms with Gasteiger partial charge in [0.2, 0.25) is 5.83 Å². The zero-order valence-electron chi connectivity index (χ0n) is 8.52. The van der Waals surface area contributed by atoms with Crippen molar-refractivity contribution in [2.24, 2.45) is 0 Å². The zero-order chi connectivity index (χ0) is 12.0. The second-order valence-electron chi connectivity index (χ2n) is 2.93. The van der Waals surface area contributed by atoms with E-state index >= 15 is 0 Å². The Labute approximate surface area is 92.5 Å². The fourth-order valence-electron chi connectivity index (χ4n) is 1.08. The zero-order valence-corrected chi connectivity index (χ0v) is 8.52. The molecule has 0 saturated heterocycles. The molecule has 0 heterocycles. The highest BCUT2D eigenvalue weighted by atomic mass is 19.1. The van der Waals surface area contributed by atoms with E-state index < -0.39 is 11.8 Å². The number of carboxylic acids is 1. The molecule has 1 aromatic rings. The van der Waals surface area contributed by atoms with Crippen LogP contribution in [-0.2, 0) is 4.79 Å². The first-order chi connectivity index (χ1) is 7.65. The molecule has 0 fully saturated rings. The van der Waals surface area contributed by atoms with Crippen LogP contribution in [-0.4, -0.2) is 17.7 Å². The average Bonchev–Trinajstić information content (AvgIpc) is 2.27. The summed E-state index contributed by atoms with van der Waals surface area (Å²) in [6.07, 6.45) is 2.47. The summed E-state index contributed by atoms with van der Waals surface area (Å²) in [5, 5.41) is 8.41. The van der Waals surface area contributed by atoms with Crippen molar-refractivity contribution >= 4 is 12.0 Å². The van der Waals surface area contributed by atoms with Gasteiger partial charge in [-0.1, -0.05) is 30.9 Å². The Bertz CT molecular complexity index is 424. The Morgan fingerprint density at radius 1 is 1.50 bits per heavy atom. The molecule has 1 rings (SSSR count). The first kappa shape index (κ1) is 12.0. The predicted octanol–water partition coefficient (Wildman–Crippen LogP) is 2.65. The van der Waals surface area contributed by atoms with E-state index in [4.69, 9.17) is 9.84 Å². The Morgan fingerprint density at radius 2 is 2.19 bits per heavy atom. The van der Waals surface area contributed by atoms with Gasteiger partial charge in [0.25, 0.3) is 0 Å². The lowest BCUT2D eigenvalue weighted by Crippen LogP contribution is -1.97. The van der Waals surface area contributed by atoms with Crippen LogP contribution < -0.4 is 4.74 Å². The molecule has 1 aromatic carbocycles. The maximum atomic E-state index is 12.9. The molecule has 1 N–H and O–H groups in total. The summed E-state index contributed by atoms with van der Waals surface area (Å²) < 4.78 is 18.1. The van der Waals surface area contributed by atoms with Crippen molar-refractivity contribution in [1.29, 1.82) is 0 Å². The van der Waals surface area contributed by atoms with Crippen molar-refractivity contribution < 1.29 is 19.0 Å². The molecule has 0 unspecified atom stereocenters. The number of aliphatic carboxylic acids is 1. The van der Waals surface area contributed by atoms with E-state index in [0.717, 1.165) is 6.08 Å². The smallest absolute Gasteiger partial charge is 0.364 e. The first-order valence-corrected chi connectivity index (χ1v) is 4.58. The molecule has 4 heteroatoms. The molecule has 0 spiro atoms. The topological polar surface area (TPSA) is 46.5 Å². The Morgan fingerprint density at radius 3 is 2.81 bits per heavy atom. The molecule has 0 saturated carbocycles. The van der Waals surface area contributed by atoms with Crippen molar-refractivity contribution in [2.75, 3.05) is 6.61 Å². The molecule has 0 aromatic heterocycles. The van der Waals surface area contributed by atoms with Crippen LogP contribution in [0.15, 0.2) is 42.7 Å². The molecule has 0 aliphatic heterocycles. The van der Waals surface area contributed by atoms with Crippen LogP contribution >= 0.6 is 0 Å². The molecule has 84 valence electrons. The Hall–Kier alpha value is -2.10. The van der Waals surface area contributed by atoms with Gasteiger partial charge in [-0.05, 0) is 12.1 Å². The number of hydrogen-bond acceptors (Lipinski definition) is 2. The van der Waals surface area contributed by atoms with Gasteiger partial charge in [0.05, 0.1) is 0 Å². The highest BCUT2D eigenvalue weighted by molar-refractivity contribution is 5.90. The van der Waals surface area contributed by atoms with Crippen molar-refractivity contribution in [3.05, 3.63) is 48.3 Å². The summed E-state index contributed by atoms with van der Waals surface area (Å²) in [6, 6.07) is 6.58. The highest BCUT2D eigenvalue weighted by Gasteiger charge is 2.07. The molecule has 0 aliphatic rings. The number of halogens is 1. The van der Waals surface area contributed by atoms with Gasteiger partial charge in [0.1, 0.15) is 12.4 Å². The van der Waals surface area contributed by atoms with E-state index in [1.807, 2.05) is 0 Å². The van der Waals surface area contributed by atoms with Gasteiger partial charge in [-0.15, -0.1) is 0 Å². The number of para-hydroxylation sites is 1. The van der Waals surface area contributed by atoms with Crippen molar-refractivity contribution in [1.82, 2.24) is 0 Å². The minimum Gasteiger partial charge on any atom is -0.489 e. The number of carbonyl (C=O) groups is 1. The van der Waals surface area contributed by atoms with E-state index in [1.165, 1.54) is 0 Å². The fourth-order valence-corrected chi connectivity index (χ4v) is 1.08. The normalized spacial score (nSPS) is 10.9. The second kappa shape index (κ2) is 5.70. The molecule has 0 aliphatic carbocycles. The molecule has 3 nitrogen and oxygen atoms in total. The van der Waals surface area contributed by atoms with Crippen LogP contribution in [0.2, 0.25) is 0 Å². The summed E-state index contributed by atoms with van der Waals surface area (Å²) in [5.41, 5.74) is 0.379. The lowest BCUT2D eigenvalue weighted by molar-refractivity contribution is -0.134. The summed E-state index contributed by atoms with van der Waals surface area (Å²) in [7, 11) is 0. The van der Waals surface area contributed by atoms with Crippen LogP contribution in [0.3, 0.4) is 0 Å². The molecule has 0 amide bonds. The van der Waals surface area contributed by atoms with Gasteiger partial charge in [-0.3, -0.25) is 0 Å². The van der Waals surface area contributed by atoms with E-state index in [2.05, 4.69) is 6.58 Å². The lowest BCUT2D eigenvalue weighted by atomic mass is 10.2.